The van der Waals surface area contributed by atoms with E-state index in [1.165, 1.54) is 4.88 Å². The predicted octanol–water partition coefficient (Wildman–Crippen LogP) is 3.00. The molecule has 5 heteroatoms. The third-order valence-corrected chi connectivity index (χ3v) is 4.71. The molecule has 22 heavy (non-hydrogen) atoms. The van der Waals surface area contributed by atoms with E-state index in [1.807, 2.05) is 55.5 Å². The summed E-state index contributed by atoms with van der Waals surface area (Å²) in [5.41, 5.74) is 0.816. The second kappa shape index (κ2) is 8.13. The van der Waals surface area contributed by atoms with E-state index in [-0.39, 0.29) is 11.9 Å². The molecule has 1 aromatic heterocycles. The number of anilines is 1. The molecule has 0 saturated carbocycles. The Morgan fingerprint density at radius 1 is 1.36 bits per heavy atom. The topological polar surface area (TPSA) is 33.5 Å². The second-order valence-electron chi connectivity index (χ2n) is 5.11. The van der Waals surface area contributed by atoms with E-state index >= 15 is 0 Å². The summed E-state index contributed by atoms with van der Waals surface area (Å²) in [6.07, 6.45) is 1.84. The molecule has 0 spiro atoms. The van der Waals surface area contributed by atoms with Crippen molar-refractivity contribution in [2.24, 2.45) is 0 Å². The number of thiophene rings is 1. The van der Waals surface area contributed by atoms with Gasteiger partial charge in [0, 0.05) is 5.69 Å². The van der Waals surface area contributed by atoms with E-state index in [0.717, 1.165) is 28.0 Å². The molecule has 0 aliphatic carbocycles. The Hall–Kier alpha value is -1.62. The van der Waals surface area contributed by atoms with Gasteiger partial charge in [-0.3, -0.25) is 4.79 Å². The predicted molar refractivity (Wildman–Crippen MR) is 93.6 cm³/mol. The van der Waals surface area contributed by atoms with Gasteiger partial charge < -0.3 is 10.2 Å². The Kier molecular flexibility index (Phi) is 6.19. The summed E-state index contributed by atoms with van der Waals surface area (Å²) in [5, 5.41) is 2.95. The SMILES string of the molecule is C=CC[NH+](Cc1ccc(Cl)s1)[C@@H](C)C(=O)Nc1ccccc1. The summed E-state index contributed by atoms with van der Waals surface area (Å²) in [5.74, 6) is 0.00528. The number of benzene rings is 1. The summed E-state index contributed by atoms with van der Waals surface area (Å²) in [7, 11) is 0. The smallest absolute Gasteiger partial charge is 0.282 e. The van der Waals surface area contributed by atoms with E-state index in [9.17, 15) is 4.79 Å². The molecule has 0 bridgehead atoms. The number of para-hydroxylation sites is 1. The quantitative estimate of drug-likeness (QED) is 0.749. The maximum absolute atomic E-state index is 12.4. The van der Waals surface area contributed by atoms with Crippen molar-refractivity contribution in [2.45, 2.75) is 19.5 Å². The van der Waals surface area contributed by atoms with Gasteiger partial charge in [0.15, 0.2) is 6.04 Å². The lowest BCUT2D eigenvalue weighted by molar-refractivity contribution is -0.921. The summed E-state index contributed by atoms with van der Waals surface area (Å²) in [6, 6.07) is 13.2. The summed E-state index contributed by atoms with van der Waals surface area (Å²) >= 11 is 7.53. The third-order valence-electron chi connectivity index (χ3n) is 3.48. The molecule has 0 aliphatic rings. The summed E-state index contributed by atoms with van der Waals surface area (Å²) in [4.78, 5) is 14.7. The lowest BCUT2D eigenvalue weighted by Gasteiger charge is -2.23. The fourth-order valence-corrected chi connectivity index (χ4v) is 3.36. The zero-order chi connectivity index (χ0) is 15.9. The molecule has 0 aliphatic heterocycles. The first-order chi connectivity index (χ1) is 10.6. The Bertz CT molecular complexity index is 627. The Morgan fingerprint density at radius 2 is 2.09 bits per heavy atom. The van der Waals surface area contributed by atoms with Crippen LogP contribution in [0.3, 0.4) is 0 Å². The molecule has 0 fully saturated rings. The number of rotatable bonds is 7. The fraction of sp³-hybridized carbons (Fsp3) is 0.235. The zero-order valence-electron chi connectivity index (χ0n) is 12.5. The molecule has 0 radical (unpaired) electrons. The van der Waals surface area contributed by atoms with Gasteiger partial charge in [-0.15, -0.1) is 11.3 Å². The van der Waals surface area contributed by atoms with Crippen molar-refractivity contribution in [1.29, 1.82) is 0 Å². The molecule has 1 aromatic carbocycles. The minimum Gasteiger partial charge on any atom is -0.321 e. The largest absolute Gasteiger partial charge is 0.321 e. The van der Waals surface area contributed by atoms with Crippen molar-refractivity contribution in [3.05, 3.63) is 64.3 Å². The average Bonchev–Trinajstić information content (AvgIpc) is 2.92. The molecule has 2 rings (SSSR count). The average molecular weight is 336 g/mol. The first kappa shape index (κ1) is 16.7. The molecule has 1 heterocycles. The van der Waals surface area contributed by atoms with Crippen LogP contribution in [0.15, 0.2) is 55.1 Å². The van der Waals surface area contributed by atoms with Crippen molar-refractivity contribution in [2.75, 3.05) is 11.9 Å². The maximum atomic E-state index is 12.4. The standard InChI is InChI=1S/C17H19ClN2OS/c1-3-11-20(12-15-9-10-16(18)22-15)13(2)17(21)19-14-7-5-4-6-8-14/h3-10,13H,1,11-12H2,2H3,(H,19,21)/p+1/t13-/m0/s1. The van der Waals surface area contributed by atoms with Gasteiger partial charge in [-0.25, -0.2) is 0 Å². The van der Waals surface area contributed by atoms with Crippen LogP contribution in [0.25, 0.3) is 0 Å². The lowest BCUT2D eigenvalue weighted by Crippen LogP contribution is -3.15. The first-order valence-corrected chi connectivity index (χ1v) is 8.35. The van der Waals surface area contributed by atoms with Crippen LogP contribution in [0.4, 0.5) is 5.69 Å². The van der Waals surface area contributed by atoms with Crippen LogP contribution in [-0.4, -0.2) is 18.5 Å². The molecular weight excluding hydrogens is 316 g/mol. The van der Waals surface area contributed by atoms with E-state index in [0.29, 0.717) is 0 Å². The van der Waals surface area contributed by atoms with E-state index < -0.39 is 0 Å². The number of amides is 1. The molecule has 2 N–H and O–H groups in total. The minimum absolute atomic E-state index is 0.00528. The molecular formula is C17H20ClN2OS+. The molecule has 116 valence electrons. The second-order valence-corrected chi connectivity index (χ2v) is 6.91. The number of hydrogen-bond donors (Lipinski definition) is 2. The van der Waals surface area contributed by atoms with Gasteiger partial charge in [0.1, 0.15) is 6.54 Å². The molecule has 0 saturated heterocycles. The van der Waals surface area contributed by atoms with Crippen LogP contribution in [0.1, 0.15) is 11.8 Å². The minimum atomic E-state index is -0.181. The number of quaternary nitrogens is 1. The van der Waals surface area contributed by atoms with E-state index in [1.54, 1.807) is 11.3 Å². The molecule has 2 aromatic rings. The molecule has 3 nitrogen and oxygen atoms in total. The van der Waals surface area contributed by atoms with Crippen LogP contribution < -0.4 is 10.2 Å². The normalized spacial score (nSPS) is 13.4. The summed E-state index contributed by atoms with van der Waals surface area (Å²) < 4.78 is 0.773. The lowest BCUT2D eigenvalue weighted by atomic mass is 10.2. The Morgan fingerprint density at radius 3 is 2.68 bits per heavy atom. The van der Waals surface area contributed by atoms with Crippen LogP contribution in [-0.2, 0) is 11.3 Å². The van der Waals surface area contributed by atoms with Gasteiger partial charge in [-0.05, 0) is 37.3 Å². The fourth-order valence-electron chi connectivity index (χ4n) is 2.22. The van der Waals surface area contributed by atoms with Gasteiger partial charge in [0.25, 0.3) is 5.91 Å². The highest BCUT2D eigenvalue weighted by atomic mass is 35.5. The number of halogens is 1. The van der Waals surface area contributed by atoms with Crippen LogP contribution >= 0.6 is 22.9 Å². The Balaban J connectivity index is 2.03. The van der Waals surface area contributed by atoms with E-state index in [2.05, 4.69) is 11.9 Å². The molecule has 1 amide bonds. The number of nitrogens with one attached hydrogen (secondary N) is 2. The first-order valence-electron chi connectivity index (χ1n) is 7.15. The van der Waals surface area contributed by atoms with Gasteiger partial charge >= 0.3 is 0 Å². The van der Waals surface area contributed by atoms with Crippen LogP contribution in [0, 0.1) is 0 Å². The van der Waals surface area contributed by atoms with Crippen molar-refractivity contribution >= 4 is 34.5 Å². The number of carbonyl (C=O) groups is 1. The third kappa shape index (κ3) is 4.70. The highest BCUT2D eigenvalue weighted by Gasteiger charge is 2.25. The molecule has 1 unspecified atom stereocenters. The summed E-state index contributed by atoms with van der Waals surface area (Å²) in [6.45, 7) is 7.21. The van der Waals surface area contributed by atoms with Crippen molar-refractivity contribution < 1.29 is 9.69 Å². The van der Waals surface area contributed by atoms with Crippen molar-refractivity contribution in [1.82, 2.24) is 0 Å². The van der Waals surface area contributed by atoms with Crippen molar-refractivity contribution in [3.8, 4) is 0 Å². The van der Waals surface area contributed by atoms with Crippen molar-refractivity contribution in [3.63, 3.8) is 0 Å². The zero-order valence-corrected chi connectivity index (χ0v) is 14.1. The monoisotopic (exact) mass is 335 g/mol. The van der Waals surface area contributed by atoms with Gasteiger partial charge in [0.2, 0.25) is 0 Å². The maximum Gasteiger partial charge on any atom is 0.282 e. The number of hydrogen-bond acceptors (Lipinski definition) is 2. The van der Waals surface area contributed by atoms with Gasteiger partial charge in [-0.1, -0.05) is 36.4 Å². The number of carbonyl (C=O) groups excluding carboxylic acids is 1. The van der Waals surface area contributed by atoms with Crippen LogP contribution in [0.5, 0.6) is 0 Å². The van der Waals surface area contributed by atoms with Gasteiger partial charge in [0.05, 0.1) is 15.8 Å². The highest BCUT2D eigenvalue weighted by Crippen LogP contribution is 2.20. The van der Waals surface area contributed by atoms with E-state index in [4.69, 9.17) is 11.6 Å². The van der Waals surface area contributed by atoms with Gasteiger partial charge in [-0.2, -0.15) is 0 Å². The molecule has 2 atom stereocenters. The Labute approximate surface area is 140 Å². The highest BCUT2D eigenvalue weighted by molar-refractivity contribution is 7.16. The van der Waals surface area contributed by atoms with Crippen LogP contribution in [0.2, 0.25) is 4.34 Å².